The smallest absolute Gasteiger partial charge is 0.412 e. The number of carbonyl (C=O) groups excluding carboxylic acids is 1. The summed E-state index contributed by atoms with van der Waals surface area (Å²) in [5.74, 6) is 0. The second-order valence-electron chi connectivity index (χ2n) is 4.17. The van der Waals surface area contributed by atoms with Crippen molar-refractivity contribution in [2.45, 2.75) is 26.4 Å². The molecule has 0 aromatic carbocycles. The second kappa shape index (κ2) is 5.01. The molecular weight excluding hydrogens is 290 g/mol. The van der Waals surface area contributed by atoms with Gasteiger partial charge < -0.3 is 4.74 Å². The third kappa shape index (κ3) is 3.98. The quantitative estimate of drug-likeness (QED) is 0.873. The van der Waals surface area contributed by atoms with Gasteiger partial charge in [-0.2, -0.15) is 0 Å². The minimum atomic E-state index is -0.492. The molecule has 0 unspecified atom stereocenters. The maximum Gasteiger partial charge on any atom is 0.412 e. The fourth-order valence-corrected chi connectivity index (χ4v) is 2.45. The van der Waals surface area contributed by atoms with Crippen LogP contribution in [0.15, 0.2) is 16.4 Å². The van der Waals surface area contributed by atoms with Crippen molar-refractivity contribution in [3.8, 4) is 0 Å². The Kier molecular flexibility index (Phi) is 4.15. The van der Waals surface area contributed by atoms with E-state index in [0.29, 0.717) is 5.69 Å². The first-order chi connectivity index (χ1) is 7.31. The van der Waals surface area contributed by atoms with Crippen molar-refractivity contribution in [2.24, 2.45) is 0 Å². The molecule has 0 bridgehead atoms. The van der Waals surface area contributed by atoms with Crippen LogP contribution >= 0.6 is 27.3 Å². The van der Waals surface area contributed by atoms with E-state index in [4.69, 9.17) is 4.74 Å². The lowest BCUT2D eigenvalue weighted by Gasteiger charge is -2.19. The van der Waals surface area contributed by atoms with E-state index < -0.39 is 11.7 Å². The van der Waals surface area contributed by atoms with Gasteiger partial charge in [-0.05, 0) is 42.8 Å². The van der Waals surface area contributed by atoms with Crippen LogP contribution in [0.25, 0.3) is 6.08 Å². The molecule has 1 rings (SSSR count). The van der Waals surface area contributed by atoms with Crippen LogP contribution in [-0.2, 0) is 4.74 Å². The normalized spacial score (nSPS) is 11.0. The lowest BCUT2D eigenvalue weighted by molar-refractivity contribution is 0.0636. The predicted molar refractivity (Wildman–Crippen MR) is 72.0 cm³/mol. The highest BCUT2D eigenvalue weighted by molar-refractivity contribution is 9.11. The third-order valence-corrected chi connectivity index (χ3v) is 3.37. The predicted octanol–water partition coefficient (Wildman–Crippen LogP) is 4.50. The molecule has 1 amide bonds. The number of ether oxygens (including phenoxy) is 1. The van der Waals surface area contributed by atoms with Crippen molar-refractivity contribution in [3.05, 3.63) is 21.3 Å². The molecule has 0 saturated carbocycles. The molecule has 1 heterocycles. The number of halogens is 1. The highest BCUT2D eigenvalue weighted by Crippen LogP contribution is 2.33. The first kappa shape index (κ1) is 13.3. The molecule has 3 nitrogen and oxygen atoms in total. The Morgan fingerprint density at radius 3 is 2.69 bits per heavy atom. The van der Waals surface area contributed by atoms with Crippen molar-refractivity contribution in [3.63, 3.8) is 0 Å². The van der Waals surface area contributed by atoms with Gasteiger partial charge in [-0.15, -0.1) is 11.3 Å². The van der Waals surface area contributed by atoms with Crippen LogP contribution in [0.5, 0.6) is 0 Å². The van der Waals surface area contributed by atoms with Gasteiger partial charge in [0, 0.05) is 4.88 Å². The Hall–Kier alpha value is -0.810. The summed E-state index contributed by atoms with van der Waals surface area (Å²) in [5, 5.41) is 2.68. The van der Waals surface area contributed by atoms with E-state index in [1.807, 2.05) is 26.8 Å². The van der Waals surface area contributed by atoms with Gasteiger partial charge in [0.05, 0.1) is 9.47 Å². The SMILES string of the molecule is C=Cc1cc(NC(=O)OC(C)(C)C)c(Br)s1. The molecule has 0 saturated heterocycles. The van der Waals surface area contributed by atoms with Gasteiger partial charge >= 0.3 is 6.09 Å². The molecule has 0 aliphatic carbocycles. The lowest BCUT2D eigenvalue weighted by Crippen LogP contribution is -2.27. The molecule has 16 heavy (non-hydrogen) atoms. The molecule has 1 aromatic rings. The Balaban J connectivity index is 2.69. The maximum atomic E-state index is 11.5. The summed E-state index contributed by atoms with van der Waals surface area (Å²) in [6.07, 6.45) is 1.28. The van der Waals surface area contributed by atoms with Gasteiger partial charge in [0.1, 0.15) is 5.60 Å². The molecule has 0 fully saturated rings. The topological polar surface area (TPSA) is 38.3 Å². The molecular formula is C11H14BrNO2S. The average Bonchev–Trinajstić information content (AvgIpc) is 2.44. The van der Waals surface area contributed by atoms with Crippen LogP contribution in [-0.4, -0.2) is 11.7 Å². The first-order valence-electron chi connectivity index (χ1n) is 4.73. The van der Waals surface area contributed by atoms with Gasteiger partial charge in [-0.3, -0.25) is 5.32 Å². The Morgan fingerprint density at radius 2 is 2.25 bits per heavy atom. The van der Waals surface area contributed by atoms with Crippen molar-refractivity contribution in [1.29, 1.82) is 0 Å². The summed E-state index contributed by atoms with van der Waals surface area (Å²) in [4.78, 5) is 12.5. The molecule has 0 radical (unpaired) electrons. The number of amides is 1. The number of thiophene rings is 1. The van der Waals surface area contributed by atoms with E-state index in [1.165, 1.54) is 11.3 Å². The number of carbonyl (C=O) groups is 1. The Labute approximate surface area is 108 Å². The summed E-state index contributed by atoms with van der Waals surface area (Å²) in [6.45, 7) is 9.14. The van der Waals surface area contributed by atoms with Crippen LogP contribution in [0.1, 0.15) is 25.6 Å². The van der Waals surface area contributed by atoms with Crippen molar-refractivity contribution < 1.29 is 9.53 Å². The Bertz CT molecular complexity index is 407. The van der Waals surface area contributed by atoms with Crippen molar-refractivity contribution >= 4 is 45.1 Å². The van der Waals surface area contributed by atoms with Gasteiger partial charge in [-0.25, -0.2) is 4.79 Å². The zero-order valence-corrected chi connectivity index (χ0v) is 11.9. The van der Waals surface area contributed by atoms with Crippen LogP contribution in [0.4, 0.5) is 10.5 Å². The maximum absolute atomic E-state index is 11.5. The van der Waals surface area contributed by atoms with E-state index in [9.17, 15) is 4.79 Å². The van der Waals surface area contributed by atoms with Gasteiger partial charge in [0.2, 0.25) is 0 Å². The molecule has 0 aliphatic heterocycles. The molecule has 0 aliphatic rings. The lowest BCUT2D eigenvalue weighted by atomic mass is 10.2. The summed E-state index contributed by atoms with van der Waals surface area (Å²) in [6, 6.07) is 1.84. The van der Waals surface area contributed by atoms with Gasteiger partial charge in [-0.1, -0.05) is 12.7 Å². The summed E-state index contributed by atoms with van der Waals surface area (Å²) in [5.41, 5.74) is 0.211. The van der Waals surface area contributed by atoms with Crippen LogP contribution in [0, 0.1) is 0 Å². The van der Waals surface area contributed by atoms with E-state index in [1.54, 1.807) is 6.08 Å². The zero-order valence-electron chi connectivity index (χ0n) is 9.46. The zero-order chi connectivity index (χ0) is 12.3. The number of hydrogen-bond acceptors (Lipinski definition) is 3. The number of hydrogen-bond donors (Lipinski definition) is 1. The van der Waals surface area contributed by atoms with E-state index in [-0.39, 0.29) is 0 Å². The number of anilines is 1. The highest BCUT2D eigenvalue weighted by Gasteiger charge is 2.17. The van der Waals surface area contributed by atoms with Crippen molar-refractivity contribution in [2.75, 3.05) is 5.32 Å². The second-order valence-corrected chi connectivity index (χ2v) is 6.57. The molecule has 0 spiro atoms. The molecule has 88 valence electrons. The molecule has 0 atom stereocenters. The van der Waals surface area contributed by atoms with E-state index >= 15 is 0 Å². The van der Waals surface area contributed by atoms with Crippen LogP contribution in [0.3, 0.4) is 0 Å². The van der Waals surface area contributed by atoms with E-state index in [2.05, 4.69) is 27.8 Å². The minimum Gasteiger partial charge on any atom is -0.444 e. The minimum absolute atomic E-state index is 0.457. The monoisotopic (exact) mass is 303 g/mol. The standard InChI is InChI=1S/C11H14BrNO2S/c1-5-7-6-8(9(12)16-7)13-10(14)15-11(2,3)4/h5-6H,1H2,2-4H3,(H,13,14). The largest absolute Gasteiger partial charge is 0.444 e. The first-order valence-corrected chi connectivity index (χ1v) is 6.34. The molecule has 5 heteroatoms. The summed E-state index contributed by atoms with van der Waals surface area (Å²) < 4.78 is 6.00. The fourth-order valence-electron chi connectivity index (χ4n) is 0.986. The van der Waals surface area contributed by atoms with Gasteiger partial charge in [0.25, 0.3) is 0 Å². The summed E-state index contributed by atoms with van der Waals surface area (Å²) in [7, 11) is 0. The van der Waals surface area contributed by atoms with Gasteiger partial charge in [0.15, 0.2) is 0 Å². The number of rotatable bonds is 2. The van der Waals surface area contributed by atoms with E-state index in [0.717, 1.165) is 8.66 Å². The highest BCUT2D eigenvalue weighted by atomic mass is 79.9. The van der Waals surface area contributed by atoms with Crippen molar-refractivity contribution in [1.82, 2.24) is 0 Å². The van der Waals surface area contributed by atoms with Crippen LogP contribution < -0.4 is 5.32 Å². The number of nitrogens with one attached hydrogen (secondary N) is 1. The van der Waals surface area contributed by atoms with Crippen LogP contribution in [0.2, 0.25) is 0 Å². The Morgan fingerprint density at radius 1 is 1.62 bits per heavy atom. The molecule has 1 N–H and O–H groups in total. The summed E-state index contributed by atoms with van der Waals surface area (Å²) >= 11 is 4.87. The molecule has 1 aromatic heterocycles. The fraction of sp³-hybridized carbons (Fsp3) is 0.364. The average molecular weight is 304 g/mol. The third-order valence-electron chi connectivity index (χ3n) is 1.54.